The van der Waals surface area contributed by atoms with E-state index in [4.69, 9.17) is 0 Å². The van der Waals surface area contributed by atoms with Crippen molar-refractivity contribution in [2.45, 2.75) is 32.7 Å². The number of fused-ring (bicyclic) bond motifs is 1. The van der Waals surface area contributed by atoms with Crippen molar-refractivity contribution < 1.29 is 9.59 Å². The number of amides is 2. The van der Waals surface area contributed by atoms with Crippen molar-refractivity contribution in [1.82, 2.24) is 19.6 Å². The molecule has 1 N–H and O–H groups in total. The van der Waals surface area contributed by atoms with E-state index in [1.165, 1.54) is 5.56 Å². The molecule has 2 aromatic heterocycles. The molecule has 1 aromatic carbocycles. The summed E-state index contributed by atoms with van der Waals surface area (Å²) in [5.74, 6) is -0.0924. The zero-order valence-corrected chi connectivity index (χ0v) is 16.2. The highest BCUT2D eigenvalue weighted by Gasteiger charge is 2.31. The molecule has 1 saturated heterocycles. The molecular weight excluding hydrogens is 352 g/mol. The van der Waals surface area contributed by atoms with E-state index < -0.39 is 0 Å². The van der Waals surface area contributed by atoms with E-state index in [2.05, 4.69) is 22.4 Å². The molecule has 1 aliphatic rings. The molecule has 0 bridgehead atoms. The van der Waals surface area contributed by atoms with Crippen LogP contribution in [0.1, 0.15) is 33.7 Å². The molecule has 3 aromatic rings. The van der Waals surface area contributed by atoms with Gasteiger partial charge in [-0.05, 0) is 37.5 Å². The lowest BCUT2D eigenvalue weighted by Gasteiger charge is -2.17. The van der Waals surface area contributed by atoms with Crippen molar-refractivity contribution >= 4 is 17.5 Å². The van der Waals surface area contributed by atoms with E-state index in [0.29, 0.717) is 30.9 Å². The lowest BCUT2D eigenvalue weighted by Crippen LogP contribution is -2.38. The average Bonchev–Trinajstić information content (AvgIpc) is 3.18. The molecule has 1 unspecified atom stereocenters. The first-order chi connectivity index (χ1) is 13.5. The Morgan fingerprint density at radius 3 is 2.75 bits per heavy atom. The molecule has 1 atom stereocenters. The number of aromatic nitrogens is 2. The van der Waals surface area contributed by atoms with Crippen LogP contribution < -0.4 is 5.32 Å². The number of imidazole rings is 1. The largest absolute Gasteiger partial charge is 0.346 e. The standard InChI is InChI=1S/C22H24N4O2/c1-15-8-9-19-23-16(2)21(26(19)13-15)22(28)24-18-12-20(27)25(14-18)11-10-17-6-4-3-5-7-17/h3-9,13,18H,10-12,14H2,1-2H3,(H,24,28). The van der Waals surface area contributed by atoms with Crippen LogP contribution in [-0.2, 0) is 11.2 Å². The summed E-state index contributed by atoms with van der Waals surface area (Å²) >= 11 is 0. The lowest BCUT2D eigenvalue weighted by atomic mass is 10.1. The van der Waals surface area contributed by atoms with E-state index in [9.17, 15) is 9.59 Å². The maximum Gasteiger partial charge on any atom is 0.270 e. The summed E-state index contributed by atoms with van der Waals surface area (Å²) in [5, 5.41) is 3.03. The predicted molar refractivity (Wildman–Crippen MR) is 107 cm³/mol. The molecule has 0 spiro atoms. The summed E-state index contributed by atoms with van der Waals surface area (Å²) in [6.07, 6.45) is 3.07. The first-order valence-corrected chi connectivity index (χ1v) is 9.59. The van der Waals surface area contributed by atoms with Crippen LogP contribution in [0.15, 0.2) is 48.7 Å². The number of rotatable bonds is 5. The number of likely N-dealkylation sites (tertiary alicyclic amines) is 1. The van der Waals surface area contributed by atoms with Gasteiger partial charge in [-0.1, -0.05) is 36.4 Å². The SMILES string of the molecule is Cc1ccc2nc(C)c(C(=O)NC3CC(=O)N(CCc4ccccc4)C3)n2c1. The Kier molecular flexibility index (Phi) is 4.86. The van der Waals surface area contributed by atoms with Crippen LogP contribution in [0.5, 0.6) is 0 Å². The molecule has 6 heteroatoms. The lowest BCUT2D eigenvalue weighted by molar-refractivity contribution is -0.127. The summed E-state index contributed by atoms with van der Waals surface area (Å²) in [7, 11) is 0. The highest BCUT2D eigenvalue weighted by molar-refractivity contribution is 5.95. The summed E-state index contributed by atoms with van der Waals surface area (Å²) in [5.41, 5.74) is 4.24. The first-order valence-electron chi connectivity index (χ1n) is 9.59. The monoisotopic (exact) mass is 376 g/mol. The fourth-order valence-corrected chi connectivity index (χ4v) is 3.79. The zero-order valence-electron chi connectivity index (χ0n) is 16.2. The first kappa shape index (κ1) is 18.2. The number of benzene rings is 1. The molecule has 1 aliphatic heterocycles. The van der Waals surface area contributed by atoms with E-state index >= 15 is 0 Å². The van der Waals surface area contributed by atoms with Gasteiger partial charge >= 0.3 is 0 Å². The third-order valence-corrected chi connectivity index (χ3v) is 5.22. The van der Waals surface area contributed by atoms with Crippen molar-refractivity contribution in [3.63, 3.8) is 0 Å². The summed E-state index contributed by atoms with van der Waals surface area (Å²) in [6.45, 7) is 5.04. The van der Waals surface area contributed by atoms with Crippen LogP contribution in [0, 0.1) is 13.8 Å². The smallest absolute Gasteiger partial charge is 0.270 e. The normalized spacial score (nSPS) is 16.7. The Bertz CT molecular complexity index is 1030. The van der Waals surface area contributed by atoms with Crippen molar-refractivity contribution in [3.8, 4) is 0 Å². The third-order valence-electron chi connectivity index (χ3n) is 5.22. The van der Waals surface area contributed by atoms with Gasteiger partial charge in [0.1, 0.15) is 11.3 Å². The molecule has 0 aliphatic carbocycles. The molecule has 0 saturated carbocycles. The van der Waals surface area contributed by atoms with Gasteiger partial charge in [-0.3, -0.25) is 14.0 Å². The van der Waals surface area contributed by atoms with Crippen LogP contribution in [0.2, 0.25) is 0 Å². The number of pyridine rings is 1. The second-order valence-corrected chi connectivity index (χ2v) is 7.43. The average molecular weight is 376 g/mol. The summed E-state index contributed by atoms with van der Waals surface area (Å²) < 4.78 is 1.82. The Morgan fingerprint density at radius 2 is 1.96 bits per heavy atom. The minimum Gasteiger partial charge on any atom is -0.346 e. The molecule has 2 amide bonds. The molecule has 4 rings (SSSR count). The van der Waals surface area contributed by atoms with Gasteiger partial charge in [0.15, 0.2) is 0 Å². The fourth-order valence-electron chi connectivity index (χ4n) is 3.79. The third kappa shape index (κ3) is 3.63. The fraction of sp³-hybridized carbons (Fsp3) is 0.318. The van der Waals surface area contributed by atoms with E-state index in [1.807, 2.05) is 59.7 Å². The molecule has 28 heavy (non-hydrogen) atoms. The van der Waals surface area contributed by atoms with Gasteiger partial charge in [0, 0.05) is 25.7 Å². The van der Waals surface area contributed by atoms with Crippen molar-refractivity contribution in [2.75, 3.05) is 13.1 Å². The van der Waals surface area contributed by atoms with Crippen LogP contribution >= 0.6 is 0 Å². The van der Waals surface area contributed by atoms with Gasteiger partial charge < -0.3 is 10.2 Å². The van der Waals surface area contributed by atoms with Crippen molar-refractivity contribution in [1.29, 1.82) is 0 Å². The Balaban J connectivity index is 1.42. The molecular formula is C22H24N4O2. The van der Waals surface area contributed by atoms with Gasteiger partial charge in [-0.2, -0.15) is 0 Å². The molecule has 6 nitrogen and oxygen atoms in total. The Hall–Kier alpha value is -3.15. The van der Waals surface area contributed by atoms with Crippen LogP contribution in [0.4, 0.5) is 0 Å². The van der Waals surface area contributed by atoms with Crippen molar-refractivity contribution in [3.05, 3.63) is 71.2 Å². The highest BCUT2D eigenvalue weighted by atomic mass is 16.2. The number of carbonyl (C=O) groups excluding carboxylic acids is 2. The maximum atomic E-state index is 12.9. The van der Waals surface area contributed by atoms with Crippen LogP contribution in [-0.4, -0.2) is 45.2 Å². The van der Waals surface area contributed by atoms with Crippen LogP contribution in [0.3, 0.4) is 0 Å². The second-order valence-electron chi connectivity index (χ2n) is 7.43. The number of aryl methyl sites for hydroxylation is 2. The van der Waals surface area contributed by atoms with Crippen LogP contribution in [0.25, 0.3) is 5.65 Å². The number of carbonyl (C=O) groups is 2. The molecule has 0 radical (unpaired) electrons. The Labute approximate surface area is 164 Å². The van der Waals surface area contributed by atoms with E-state index in [1.54, 1.807) is 0 Å². The number of nitrogens with zero attached hydrogens (tertiary/aromatic N) is 3. The van der Waals surface area contributed by atoms with Crippen molar-refractivity contribution in [2.24, 2.45) is 0 Å². The van der Waals surface area contributed by atoms with Gasteiger partial charge in [-0.15, -0.1) is 0 Å². The van der Waals surface area contributed by atoms with E-state index in [-0.39, 0.29) is 17.9 Å². The van der Waals surface area contributed by atoms with Gasteiger partial charge in [0.05, 0.1) is 11.7 Å². The zero-order chi connectivity index (χ0) is 19.7. The van der Waals surface area contributed by atoms with Gasteiger partial charge in [-0.25, -0.2) is 4.98 Å². The molecule has 1 fully saturated rings. The van der Waals surface area contributed by atoms with E-state index in [0.717, 1.165) is 17.6 Å². The molecule has 3 heterocycles. The second kappa shape index (κ2) is 7.46. The predicted octanol–water partition coefficient (Wildman–Crippen LogP) is 2.52. The quantitative estimate of drug-likeness (QED) is 0.744. The number of nitrogens with one attached hydrogen (secondary N) is 1. The van der Waals surface area contributed by atoms with Gasteiger partial charge in [0.2, 0.25) is 5.91 Å². The molecule has 144 valence electrons. The number of hydrogen-bond donors (Lipinski definition) is 1. The Morgan fingerprint density at radius 1 is 1.18 bits per heavy atom. The minimum atomic E-state index is -0.182. The summed E-state index contributed by atoms with van der Waals surface area (Å²) in [4.78, 5) is 31.6. The summed E-state index contributed by atoms with van der Waals surface area (Å²) in [6, 6.07) is 13.8. The topological polar surface area (TPSA) is 66.7 Å². The van der Waals surface area contributed by atoms with Gasteiger partial charge in [0.25, 0.3) is 5.91 Å². The minimum absolute atomic E-state index is 0.0898. The maximum absolute atomic E-state index is 12.9. The highest BCUT2D eigenvalue weighted by Crippen LogP contribution is 2.16. The number of hydrogen-bond acceptors (Lipinski definition) is 3.